The maximum absolute atomic E-state index is 11.4. The summed E-state index contributed by atoms with van der Waals surface area (Å²) in [4.78, 5) is 11.4. The van der Waals surface area contributed by atoms with Crippen molar-refractivity contribution in [2.45, 2.75) is 63.9 Å². The van der Waals surface area contributed by atoms with Crippen LogP contribution in [0.25, 0.3) is 0 Å². The molecule has 2 saturated carbocycles. The van der Waals surface area contributed by atoms with Gasteiger partial charge in [-0.05, 0) is 87.0 Å². The minimum atomic E-state index is 0.323. The van der Waals surface area contributed by atoms with Gasteiger partial charge in [-0.25, -0.2) is 0 Å². The number of Topliss-reactive ketones (excluding diaryl/α,β-unsaturated/α-hetero) is 1. The van der Waals surface area contributed by atoms with Gasteiger partial charge in [0.1, 0.15) is 11.5 Å². The second-order valence-corrected chi connectivity index (χ2v) is 8.41. The molecule has 0 spiro atoms. The van der Waals surface area contributed by atoms with Crippen LogP contribution in [0, 0.1) is 11.8 Å². The first-order valence-electron chi connectivity index (χ1n) is 10.5. The van der Waals surface area contributed by atoms with Crippen LogP contribution in [0.1, 0.15) is 62.5 Å². The predicted molar refractivity (Wildman–Crippen MR) is 109 cm³/mol. The van der Waals surface area contributed by atoms with Crippen molar-refractivity contribution in [3.63, 3.8) is 0 Å². The van der Waals surface area contributed by atoms with Gasteiger partial charge in [-0.15, -0.1) is 0 Å². The second kappa shape index (κ2) is 8.29. The molecule has 0 bridgehead atoms. The molecule has 2 aromatic carbocycles. The zero-order chi connectivity index (χ0) is 18.6. The number of aryl methyl sites for hydroxylation is 1. The van der Waals surface area contributed by atoms with Crippen LogP contribution in [0.15, 0.2) is 54.6 Å². The van der Waals surface area contributed by atoms with Gasteiger partial charge >= 0.3 is 0 Å². The molecule has 4 atom stereocenters. The van der Waals surface area contributed by atoms with E-state index in [1.165, 1.54) is 24.0 Å². The molecule has 0 radical (unpaired) electrons. The highest BCUT2D eigenvalue weighted by molar-refractivity contribution is 5.81. The summed E-state index contributed by atoms with van der Waals surface area (Å²) in [6, 6.07) is 19.4. The number of ketones is 1. The van der Waals surface area contributed by atoms with E-state index in [1.54, 1.807) is 6.92 Å². The fraction of sp³-hybridized carbons (Fsp3) is 0.480. The predicted octanol–water partition coefficient (Wildman–Crippen LogP) is 5.95. The number of hydrogen-bond donors (Lipinski definition) is 0. The van der Waals surface area contributed by atoms with Crippen LogP contribution < -0.4 is 4.74 Å². The Morgan fingerprint density at radius 2 is 1.78 bits per heavy atom. The smallest absolute Gasteiger partial charge is 0.133 e. The molecule has 0 N–H and O–H groups in total. The molecule has 4 rings (SSSR count). The topological polar surface area (TPSA) is 26.3 Å². The Hall–Kier alpha value is -2.09. The highest BCUT2D eigenvalue weighted by Crippen LogP contribution is 2.42. The number of para-hydroxylation sites is 1. The van der Waals surface area contributed by atoms with Gasteiger partial charge in [0.15, 0.2) is 0 Å². The Kier molecular flexibility index (Phi) is 5.61. The largest absolute Gasteiger partial charge is 0.490 e. The molecule has 2 aliphatic rings. The monoisotopic (exact) mass is 362 g/mol. The van der Waals surface area contributed by atoms with Crippen LogP contribution in [0.2, 0.25) is 0 Å². The fourth-order valence-corrected chi connectivity index (χ4v) is 4.62. The first-order valence-corrected chi connectivity index (χ1v) is 10.5. The Balaban J connectivity index is 1.29. The average Bonchev–Trinajstić information content (AvgIpc) is 3.48. The van der Waals surface area contributed by atoms with Gasteiger partial charge in [-0.2, -0.15) is 0 Å². The van der Waals surface area contributed by atoms with Gasteiger partial charge in [0.25, 0.3) is 0 Å². The van der Waals surface area contributed by atoms with Crippen LogP contribution in [-0.4, -0.2) is 11.9 Å². The summed E-state index contributed by atoms with van der Waals surface area (Å²) in [5.74, 6) is 2.96. The maximum Gasteiger partial charge on any atom is 0.133 e. The molecule has 2 nitrogen and oxygen atoms in total. The van der Waals surface area contributed by atoms with Crippen molar-refractivity contribution in [2.24, 2.45) is 11.8 Å². The van der Waals surface area contributed by atoms with Gasteiger partial charge in [0.2, 0.25) is 0 Å². The van der Waals surface area contributed by atoms with E-state index in [9.17, 15) is 4.79 Å². The van der Waals surface area contributed by atoms with Crippen molar-refractivity contribution in [1.82, 2.24) is 0 Å². The van der Waals surface area contributed by atoms with Crippen molar-refractivity contribution >= 4 is 5.78 Å². The van der Waals surface area contributed by atoms with Crippen molar-refractivity contribution in [3.05, 3.63) is 65.7 Å². The Labute approximate surface area is 162 Å². The van der Waals surface area contributed by atoms with Gasteiger partial charge in [0.05, 0.1) is 6.10 Å². The quantitative estimate of drug-likeness (QED) is 0.608. The average molecular weight is 363 g/mol. The summed E-state index contributed by atoms with van der Waals surface area (Å²) < 4.78 is 6.20. The summed E-state index contributed by atoms with van der Waals surface area (Å²) in [5.41, 5.74) is 2.86. The molecule has 2 fully saturated rings. The van der Waals surface area contributed by atoms with Gasteiger partial charge in [0, 0.05) is 5.92 Å². The number of ether oxygens (including phenoxy) is 1. The SMILES string of the molecule is CC(=O)C1CC1CCc1ccc(C2CCCC(Oc3ccccc3)C2)cc1. The Bertz CT molecular complexity index is 750. The zero-order valence-corrected chi connectivity index (χ0v) is 16.3. The third-order valence-corrected chi connectivity index (χ3v) is 6.37. The molecule has 0 aromatic heterocycles. The summed E-state index contributed by atoms with van der Waals surface area (Å²) in [6.07, 6.45) is 8.44. The number of carbonyl (C=O) groups excluding carboxylic acids is 1. The van der Waals surface area contributed by atoms with Crippen molar-refractivity contribution in [3.8, 4) is 5.75 Å². The number of rotatable bonds is 7. The molecule has 142 valence electrons. The first kappa shape index (κ1) is 18.3. The van der Waals surface area contributed by atoms with E-state index in [-0.39, 0.29) is 0 Å². The fourth-order valence-electron chi connectivity index (χ4n) is 4.62. The van der Waals surface area contributed by atoms with Crippen molar-refractivity contribution < 1.29 is 9.53 Å². The zero-order valence-electron chi connectivity index (χ0n) is 16.3. The highest BCUT2D eigenvalue weighted by atomic mass is 16.5. The second-order valence-electron chi connectivity index (χ2n) is 8.41. The molecule has 2 heteroatoms. The van der Waals surface area contributed by atoms with E-state index in [0.717, 1.165) is 37.9 Å². The molecule has 0 heterocycles. The van der Waals surface area contributed by atoms with Crippen LogP contribution in [-0.2, 0) is 11.2 Å². The van der Waals surface area contributed by atoms with Crippen molar-refractivity contribution in [1.29, 1.82) is 0 Å². The summed E-state index contributed by atoms with van der Waals surface area (Å²) in [7, 11) is 0. The van der Waals surface area contributed by atoms with E-state index < -0.39 is 0 Å². The van der Waals surface area contributed by atoms with Crippen LogP contribution >= 0.6 is 0 Å². The molecular weight excluding hydrogens is 332 g/mol. The van der Waals surface area contributed by atoms with Gasteiger partial charge in [-0.3, -0.25) is 4.79 Å². The lowest BCUT2D eigenvalue weighted by atomic mass is 9.82. The summed E-state index contributed by atoms with van der Waals surface area (Å²) in [6.45, 7) is 1.73. The third kappa shape index (κ3) is 4.80. The molecule has 2 aliphatic carbocycles. The van der Waals surface area contributed by atoms with E-state index in [4.69, 9.17) is 4.74 Å². The molecule has 27 heavy (non-hydrogen) atoms. The lowest BCUT2D eigenvalue weighted by Gasteiger charge is -2.30. The minimum Gasteiger partial charge on any atom is -0.490 e. The summed E-state index contributed by atoms with van der Waals surface area (Å²) >= 11 is 0. The van der Waals surface area contributed by atoms with E-state index in [1.807, 2.05) is 18.2 Å². The number of benzene rings is 2. The van der Waals surface area contributed by atoms with Crippen LogP contribution in [0.4, 0.5) is 0 Å². The molecule has 2 aromatic rings. The van der Waals surface area contributed by atoms with E-state index >= 15 is 0 Å². The molecule has 0 saturated heterocycles. The maximum atomic E-state index is 11.4. The summed E-state index contributed by atoms with van der Waals surface area (Å²) in [5, 5.41) is 0. The first-order chi connectivity index (χ1) is 13.2. The molecule has 0 amide bonds. The minimum absolute atomic E-state index is 0.323. The van der Waals surface area contributed by atoms with E-state index in [2.05, 4.69) is 36.4 Å². The normalized spacial score (nSPS) is 27.1. The Morgan fingerprint density at radius 1 is 1.00 bits per heavy atom. The molecule has 0 aliphatic heterocycles. The van der Waals surface area contributed by atoms with Crippen LogP contribution in [0.3, 0.4) is 0 Å². The Morgan fingerprint density at radius 3 is 2.48 bits per heavy atom. The molecule has 4 unspecified atom stereocenters. The van der Waals surface area contributed by atoms with Gasteiger partial charge < -0.3 is 4.74 Å². The lowest BCUT2D eigenvalue weighted by molar-refractivity contribution is -0.118. The highest BCUT2D eigenvalue weighted by Gasteiger charge is 2.39. The third-order valence-electron chi connectivity index (χ3n) is 6.37. The van der Waals surface area contributed by atoms with Crippen LogP contribution in [0.5, 0.6) is 5.75 Å². The van der Waals surface area contributed by atoms with E-state index in [0.29, 0.717) is 29.6 Å². The molecular formula is C25H30O2. The number of hydrogen-bond acceptors (Lipinski definition) is 2. The standard InChI is InChI=1S/C25H30O2/c1-18(26)25-17-22(25)15-12-19-10-13-20(14-11-19)21-6-5-9-24(16-21)27-23-7-3-2-4-8-23/h2-4,7-8,10-11,13-14,21-22,24-25H,5-6,9,12,15-17H2,1H3. The number of carbonyl (C=O) groups is 1. The van der Waals surface area contributed by atoms with Gasteiger partial charge in [-0.1, -0.05) is 42.5 Å². The lowest BCUT2D eigenvalue weighted by Crippen LogP contribution is -2.24. The van der Waals surface area contributed by atoms with Crippen molar-refractivity contribution in [2.75, 3.05) is 0 Å².